The molecule has 2 aromatic heterocycles. The number of carbonyl (C=O) groups excluding carboxylic acids is 1. The summed E-state index contributed by atoms with van der Waals surface area (Å²) in [4.78, 5) is 24.1. The number of carbonyl (C=O) groups is 1. The van der Waals surface area contributed by atoms with Crippen molar-refractivity contribution in [2.24, 2.45) is 0 Å². The Hall–Kier alpha value is -2.43. The van der Waals surface area contributed by atoms with Gasteiger partial charge in [0.25, 0.3) is 0 Å². The second kappa shape index (κ2) is 8.75. The lowest BCUT2D eigenvalue weighted by Crippen LogP contribution is -2.38. The molecule has 5 nitrogen and oxygen atoms in total. The van der Waals surface area contributed by atoms with Crippen LogP contribution in [0.2, 0.25) is 0 Å². The molecule has 0 saturated carbocycles. The van der Waals surface area contributed by atoms with E-state index in [1.165, 1.54) is 21.5 Å². The van der Waals surface area contributed by atoms with Gasteiger partial charge in [0.2, 0.25) is 5.91 Å². The summed E-state index contributed by atoms with van der Waals surface area (Å²) >= 11 is 3.15. The number of hydrogen-bond acceptors (Lipinski definition) is 6. The quantitative estimate of drug-likeness (QED) is 0.539. The lowest BCUT2D eigenvalue weighted by Gasteiger charge is -2.31. The van der Waals surface area contributed by atoms with E-state index in [9.17, 15) is 10.1 Å². The topological polar surface area (TPSA) is 69.9 Å². The van der Waals surface area contributed by atoms with Gasteiger partial charge in [0.05, 0.1) is 26.5 Å². The normalized spacial score (nSPS) is 14.8. The zero-order chi connectivity index (χ0) is 21.3. The van der Waals surface area contributed by atoms with Crippen molar-refractivity contribution in [2.45, 2.75) is 44.6 Å². The van der Waals surface area contributed by atoms with Gasteiger partial charge in [-0.2, -0.15) is 5.26 Å². The van der Waals surface area contributed by atoms with Gasteiger partial charge >= 0.3 is 0 Å². The van der Waals surface area contributed by atoms with E-state index in [0.717, 1.165) is 48.3 Å². The number of thiazole rings is 1. The van der Waals surface area contributed by atoms with E-state index in [-0.39, 0.29) is 5.91 Å². The number of likely N-dealkylation sites (tertiary alicyclic amines) is 1. The number of amides is 1. The third kappa shape index (κ3) is 4.07. The van der Waals surface area contributed by atoms with E-state index in [4.69, 9.17) is 4.98 Å². The Kier molecular flexibility index (Phi) is 6.07. The maximum atomic E-state index is 12.8. The summed E-state index contributed by atoms with van der Waals surface area (Å²) in [6.07, 6.45) is 1.89. The summed E-state index contributed by atoms with van der Waals surface area (Å²) in [5.41, 5.74) is 4.57. The van der Waals surface area contributed by atoms with Crippen LogP contribution in [0, 0.1) is 32.1 Å². The third-order valence-corrected chi connectivity index (χ3v) is 8.07. The van der Waals surface area contributed by atoms with Crippen LogP contribution in [-0.2, 0) is 4.79 Å². The van der Waals surface area contributed by atoms with Gasteiger partial charge in [0.15, 0.2) is 0 Å². The van der Waals surface area contributed by atoms with Gasteiger partial charge in [0.1, 0.15) is 11.1 Å². The van der Waals surface area contributed by atoms with E-state index < -0.39 is 0 Å². The van der Waals surface area contributed by atoms with E-state index in [1.807, 2.05) is 37.8 Å². The molecule has 0 atom stereocenters. The maximum absolute atomic E-state index is 12.8. The smallest absolute Gasteiger partial charge is 0.232 e. The van der Waals surface area contributed by atoms with Crippen LogP contribution in [0.3, 0.4) is 0 Å². The molecule has 7 heteroatoms. The first-order valence-electron chi connectivity index (χ1n) is 10.1. The fourth-order valence-electron chi connectivity index (χ4n) is 3.81. The Bertz CT molecular complexity index is 1110. The molecule has 1 aromatic carbocycles. The molecule has 0 bridgehead atoms. The van der Waals surface area contributed by atoms with Crippen molar-refractivity contribution in [3.8, 4) is 6.07 Å². The van der Waals surface area contributed by atoms with Gasteiger partial charge in [-0.25, -0.2) is 9.97 Å². The number of fused-ring (bicyclic) bond motifs is 1. The number of pyridine rings is 1. The number of aryl methyl sites for hydroxylation is 1. The number of thioether (sulfide) groups is 1. The second-order valence-electron chi connectivity index (χ2n) is 7.70. The number of aromatic nitrogens is 2. The van der Waals surface area contributed by atoms with Crippen LogP contribution in [0.25, 0.3) is 10.2 Å². The van der Waals surface area contributed by atoms with Crippen LogP contribution < -0.4 is 0 Å². The van der Waals surface area contributed by atoms with Gasteiger partial charge in [-0.3, -0.25) is 4.79 Å². The lowest BCUT2D eigenvalue weighted by atomic mass is 9.97. The summed E-state index contributed by atoms with van der Waals surface area (Å²) in [6, 6.07) is 10.5. The third-order valence-electron chi connectivity index (χ3n) is 5.91. The number of benzene rings is 1. The fourth-order valence-corrected chi connectivity index (χ4v) is 5.93. The summed E-state index contributed by atoms with van der Waals surface area (Å²) in [5.74, 6) is 0.854. The molecule has 0 spiro atoms. The van der Waals surface area contributed by atoms with E-state index in [2.05, 4.69) is 23.2 Å². The molecule has 30 heavy (non-hydrogen) atoms. The largest absolute Gasteiger partial charge is 0.342 e. The SMILES string of the molecule is Cc1nc(SCC(=O)N2CCC(c3nc4ccccc4s3)CC2)c(C#N)c(C)c1C. The van der Waals surface area contributed by atoms with Gasteiger partial charge in [-0.15, -0.1) is 11.3 Å². The fraction of sp³-hybridized carbons (Fsp3) is 0.391. The highest BCUT2D eigenvalue weighted by Crippen LogP contribution is 2.34. The van der Waals surface area contributed by atoms with Crippen molar-refractivity contribution in [3.63, 3.8) is 0 Å². The van der Waals surface area contributed by atoms with Crippen molar-refractivity contribution >= 4 is 39.2 Å². The second-order valence-corrected chi connectivity index (χ2v) is 9.73. The minimum atomic E-state index is 0.115. The monoisotopic (exact) mass is 436 g/mol. The molecule has 1 saturated heterocycles. The van der Waals surface area contributed by atoms with E-state index in [0.29, 0.717) is 22.3 Å². The number of piperidine rings is 1. The summed E-state index contributed by atoms with van der Waals surface area (Å²) in [6.45, 7) is 7.38. The highest BCUT2D eigenvalue weighted by Gasteiger charge is 2.26. The summed E-state index contributed by atoms with van der Waals surface area (Å²) < 4.78 is 1.23. The van der Waals surface area contributed by atoms with E-state index >= 15 is 0 Å². The molecule has 0 N–H and O–H groups in total. The number of nitrogens with zero attached hydrogens (tertiary/aromatic N) is 4. The molecule has 3 aromatic rings. The van der Waals surface area contributed by atoms with Crippen LogP contribution in [-0.4, -0.2) is 39.6 Å². The molecule has 1 aliphatic rings. The average Bonchev–Trinajstić information content (AvgIpc) is 3.20. The first-order chi connectivity index (χ1) is 14.5. The zero-order valence-electron chi connectivity index (χ0n) is 17.4. The molecular weight excluding hydrogens is 412 g/mol. The van der Waals surface area contributed by atoms with Crippen molar-refractivity contribution in [1.82, 2.24) is 14.9 Å². The number of nitriles is 1. The molecule has 0 unspecified atom stereocenters. The molecule has 154 valence electrons. The van der Waals surface area contributed by atoms with Gasteiger partial charge in [0, 0.05) is 24.7 Å². The van der Waals surface area contributed by atoms with Gasteiger partial charge < -0.3 is 4.90 Å². The van der Waals surface area contributed by atoms with E-state index in [1.54, 1.807) is 11.3 Å². The van der Waals surface area contributed by atoms with Crippen molar-refractivity contribution < 1.29 is 4.79 Å². The van der Waals surface area contributed by atoms with Crippen LogP contribution in [0.1, 0.15) is 46.2 Å². The molecule has 1 amide bonds. The van der Waals surface area contributed by atoms with Crippen LogP contribution in [0.5, 0.6) is 0 Å². The summed E-state index contributed by atoms with van der Waals surface area (Å²) in [7, 11) is 0. The van der Waals surface area contributed by atoms with Gasteiger partial charge in [-0.1, -0.05) is 23.9 Å². The van der Waals surface area contributed by atoms with Crippen molar-refractivity contribution in [3.05, 3.63) is 51.7 Å². The predicted molar refractivity (Wildman–Crippen MR) is 122 cm³/mol. The first-order valence-corrected chi connectivity index (χ1v) is 11.9. The van der Waals surface area contributed by atoms with Gasteiger partial charge in [-0.05, 0) is 56.9 Å². The maximum Gasteiger partial charge on any atom is 0.232 e. The van der Waals surface area contributed by atoms with Crippen LogP contribution >= 0.6 is 23.1 Å². The Morgan fingerprint density at radius 2 is 1.93 bits per heavy atom. The average molecular weight is 437 g/mol. The number of hydrogen-bond donors (Lipinski definition) is 0. The lowest BCUT2D eigenvalue weighted by molar-refractivity contribution is -0.129. The van der Waals surface area contributed by atoms with Crippen molar-refractivity contribution in [2.75, 3.05) is 18.8 Å². The molecule has 0 radical (unpaired) electrons. The minimum Gasteiger partial charge on any atom is -0.342 e. The van der Waals surface area contributed by atoms with Crippen LogP contribution in [0.15, 0.2) is 29.3 Å². The molecule has 3 heterocycles. The number of para-hydroxylation sites is 1. The number of rotatable bonds is 4. The highest BCUT2D eigenvalue weighted by molar-refractivity contribution is 8.00. The zero-order valence-corrected chi connectivity index (χ0v) is 19.1. The Balaban J connectivity index is 1.37. The molecule has 1 aliphatic heterocycles. The Morgan fingerprint density at radius 1 is 1.20 bits per heavy atom. The minimum absolute atomic E-state index is 0.115. The first kappa shape index (κ1) is 20.8. The predicted octanol–water partition coefficient (Wildman–Crippen LogP) is 4.99. The Morgan fingerprint density at radius 3 is 2.63 bits per heavy atom. The van der Waals surface area contributed by atoms with Crippen molar-refractivity contribution in [1.29, 1.82) is 5.26 Å². The molecule has 0 aliphatic carbocycles. The summed E-state index contributed by atoms with van der Waals surface area (Å²) in [5, 5.41) is 11.4. The molecule has 1 fully saturated rings. The highest BCUT2D eigenvalue weighted by atomic mass is 32.2. The molecule has 4 rings (SSSR count). The van der Waals surface area contributed by atoms with Crippen LogP contribution in [0.4, 0.5) is 0 Å². The molecular formula is C23H24N4OS2. The standard InChI is InChI=1S/C23H24N4OS2/c1-14-15(2)18(12-24)23(25-16(14)3)29-13-21(28)27-10-8-17(9-11-27)22-26-19-6-4-5-7-20(19)30-22/h4-7,17H,8-11,13H2,1-3H3. The Labute approximate surface area is 185 Å².